The van der Waals surface area contributed by atoms with Crippen LogP contribution in [0.5, 0.6) is 0 Å². The largest absolute Gasteiger partial charge is 0.378 e. The van der Waals surface area contributed by atoms with E-state index < -0.39 is 0 Å². The highest BCUT2D eigenvalue weighted by molar-refractivity contribution is 5.91. The maximum Gasteiger partial charge on any atom is 0.0519 e. The van der Waals surface area contributed by atoms with Gasteiger partial charge in [0, 0.05) is 17.0 Å². The lowest BCUT2D eigenvalue weighted by Gasteiger charge is -2.43. The molecule has 2 aromatic carbocycles. The second-order valence-electron chi connectivity index (χ2n) is 8.63. The molecule has 0 bridgehead atoms. The van der Waals surface area contributed by atoms with Gasteiger partial charge in [-0.05, 0) is 51.8 Å². The first kappa shape index (κ1) is 14.6. The van der Waals surface area contributed by atoms with Crippen molar-refractivity contribution < 1.29 is 0 Å². The first-order valence-electron chi connectivity index (χ1n) is 9.75. The van der Waals surface area contributed by atoms with Crippen LogP contribution >= 0.6 is 0 Å². The zero-order valence-corrected chi connectivity index (χ0v) is 15.3. The predicted molar refractivity (Wildman–Crippen MR) is 109 cm³/mol. The molecule has 0 fully saturated rings. The van der Waals surface area contributed by atoms with Crippen LogP contribution < -0.4 is 5.32 Å². The lowest BCUT2D eigenvalue weighted by molar-refractivity contribution is 0.457. The molecule has 1 aliphatic heterocycles. The van der Waals surface area contributed by atoms with Gasteiger partial charge in [-0.1, -0.05) is 74.5 Å². The van der Waals surface area contributed by atoms with E-state index in [9.17, 15) is 0 Å². The zero-order chi connectivity index (χ0) is 17.5. The van der Waals surface area contributed by atoms with E-state index >= 15 is 0 Å². The maximum atomic E-state index is 3.86. The summed E-state index contributed by atoms with van der Waals surface area (Å²) in [5, 5.41) is 3.86. The van der Waals surface area contributed by atoms with Crippen LogP contribution in [0.3, 0.4) is 0 Å². The van der Waals surface area contributed by atoms with Crippen molar-refractivity contribution in [2.24, 2.45) is 5.92 Å². The van der Waals surface area contributed by atoms with Crippen molar-refractivity contribution in [3.8, 4) is 0 Å². The van der Waals surface area contributed by atoms with Gasteiger partial charge >= 0.3 is 0 Å². The van der Waals surface area contributed by atoms with Crippen LogP contribution in [0.4, 0.5) is 5.69 Å². The number of nitrogens with one attached hydrogen (secondary N) is 1. The van der Waals surface area contributed by atoms with Gasteiger partial charge in [-0.15, -0.1) is 0 Å². The molecule has 0 saturated heterocycles. The second-order valence-corrected chi connectivity index (χ2v) is 8.63. The van der Waals surface area contributed by atoms with Gasteiger partial charge < -0.3 is 5.32 Å². The predicted octanol–water partition coefficient (Wildman–Crippen LogP) is 5.91. The minimum absolute atomic E-state index is 0.0870. The standard InChI is InChI=1S/C25H23N/c1-25(2)20-11-4-3-9-16(20)18-13-19-17-10-5-7-15-8-6-12-22(24(15)17)26-23(19)14-21(18)25/h3-9,11-14,17,19,23,26H,10H2,1-2H3. The van der Waals surface area contributed by atoms with Gasteiger partial charge in [-0.25, -0.2) is 0 Å². The summed E-state index contributed by atoms with van der Waals surface area (Å²) in [5.74, 6) is 1.10. The molecule has 0 saturated carbocycles. The number of benzene rings is 2. The maximum absolute atomic E-state index is 3.86. The molecule has 0 radical (unpaired) electrons. The first-order valence-corrected chi connectivity index (χ1v) is 9.75. The third kappa shape index (κ3) is 1.71. The Morgan fingerprint density at radius 2 is 1.88 bits per heavy atom. The van der Waals surface area contributed by atoms with Crippen molar-refractivity contribution in [1.29, 1.82) is 0 Å². The third-order valence-corrected chi connectivity index (χ3v) is 6.96. The highest BCUT2D eigenvalue weighted by Gasteiger charge is 2.45. The lowest BCUT2D eigenvalue weighted by atomic mass is 9.68. The van der Waals surface area contributed by atoms with E-state index in [1.54, 1.807) is 0 Å². The monoisotopic (exact) mass is 337 g/mol. The van der Waals surface area contributed by atoms with E-state index in [2.05, 4.69) is 85.9 Å². The quantitative estimate of drug-likeness (QED) is 0.630. The van der Waals surface area contributed by atoms with Crippen molar-refractivity contribution in [2.45, 2.75) is 37.6 Å². The molecular weight excluding hydrogens is 314 g/mol. The molecule has 0 spiro atoms. The van der Waals surface area contributed by atoms with Gasteiger partial charge in [0.25, 0.3) is 0 Å². The SMILES string of the molecule is CC1(C)C2=CC3Nc4cccc5c4C(CC=C5)C3C=C2c2ccccc21. The van der Waals surface area contributed by atoms with Crippen molar-refractivity contribution >= 4 is 17.3 Å². The highest BCUT2D eigenvalue weighted by atomic mass is 14.9. The Kier molecular flexibility index (Phi) is 2.69. The normalized spacial score (nSPS) is 28.8. The summed E-state index contributed by atoms with van der Waals surface area (Å²) in [5.41, 5.74) is 10.2. The second kappa shape index (κ2) is 4.79. The average molecular weight is 337 g/mol. The number of anilines is 1. The summed E-state index contributed by atoms with van der Waals surface area (Å²) in [6, 6.07) is 16.1. The molecule has 1 heterocycles. The van der Waals surface area contributed by atoms with Crippen LogP contribution in [0.15, 0.2) is 66.3 Å². The Labute approximate surface area is 155 Å². The van der Waals surface area contributed by atoms with Crippen LogP contribution in [-0.2, 0) is 5.41 Å². The van der Waals surface area contributed by atoms with Gasteiger partial charge in [-0.2, -0.15) is 0 Å². The number of fused-ring (bicyclic) bond motifs is 5. The minimum Gasteiger partial charge on any atom is -0.378 e. The number of rotatable bonds is 0. The molecule has 6 rings (SSSR count). The number of allylic oxidation sites excluding steroid dienone is 3. The Morgan fingerprint density at radius 3 is 2.81 bits per heavy atom. The fraction of sp³-hybridized carbons (Fsp3) is 0.280. The smallest absolute Gasteiger partial charge is 0.0519 e. The van der Waals surface area contributed by atoms with Crippen molar-refractivity contribution in [3.63, 3.8) is 0 Å². The average Bonchev–Trinajstić information content (AvgIpc) is 2.89. The van der Waals surface area contributed by atoms with Gasteiger partial charge in [0.1, 0.15) is 0 Å². The zero-order valence-electron chi connectivity index (χ0n) is 15.3. The molecule has 1 N–H and O–H groups in total. The van der Waals surface area contributed by atoms with Gasteiger partial charge in [0.2, 0.25) is 0 Å². The molecule has 0 aromatic heterocycles. The van der Waals surface area contributed by atoms with Crippen LogP contribution in [0.1, 0.15) is 48.4 Å². The van der Waals surface area contributed by atoms with Gasteiger partial charge in [-0.3, -0.25) is 0 Å². The number of hydrogen-bond donors (Lipinski definition) is 1. The Bertz CT molecular complexity index is 1030. The fourth-order valence-corrected chi connectivity index (χ4v) is 5.72. The topological polar surface area (TPSA) is 12.0 Å². The van der Waals surface area contributed by atoms with Gasteiger partial charge in [0.05, 0.1) is 6.04 Å². The molecule has 2 aromatic rings. The summed E-state index contributed by atoms with van der Waals surface area (Å²) in [6.07, 6.45) is 10.9. The summed E-state index contributed by atoms with van der Waals surface area (Å²) < 4.78 is 0. The van der Waals surface area contributed by atoms with Crippen molar-refractivity contribution in [1.82, 2.24) is 0 Å². The minimum atomic E-state index is 0.0870. The van der Waals surface area contributed by atoms with Crippen LogP contribution in [0.25, 0.3) is 11.6 Å². The van der Waals surface area contributed by atoms with Crippen molar-refractivity contribution in [2.75, 3.05) is 5.32 Å². The van der Waals surface area contributed by atoms with Crippen LogP contribution in [-0.4, -0.2) is 6.04 Å². The molecule has 26 heavy (non-hydrogen) atoms. The molecule has 1 heteroatoms. The first-order chi connectivity index (χ1) is 12.6. The summed E-state index contributed by atoms with van der Waals surface area (Å²) >= 11 is 0. The molecule has 128 valence electrons. The molecule has 3 atom stereocenters. The van der Waals surface area contributed by atoms with E-state index in [0.29, 0.717) is 17.9 Å². The molecule has 1 nitrogen and oxygen atoms in total. The van der Waals surface area contributed by atoms with E-state index in [1.165, 1.54) is 39.1 Å². The molecular formula is C25H23N. The Balaban J connectivity index is 1.56. The lowest BCUT2D eigenvalue weighted by Crippen LogP contribution is -2.39. The summed E-state index contributed by atoms with van der Waals surface area (Å²) in [4.78, 5) is 0. The van der Waals surface area contributed by atoms with E-state index in [4.69, 9.17) is 0 Å². The Morgan fingerprint density at radius 1 is 1.00 bits per heavy atom. The third-order valence-electron chi connectivity index (χ3n) is 6.96. The molecule has 4 aliphatic rings. The summed E-state index contributed by atoms with van der Waals surface area (Å²) in [7, 11) is 0. The number of hydrogen-bond acceptors (Lipinski definition) is 1. The fourth-order valence-electron chi connectivity index (χ4n) is 5.72. The van der Waals surface area contributed by atoms with E-state index in [-0.39, 0.29) is 5.41 Å². The molecule has 3 unspecified atom stereocenters. The van der Waals surface area contributed by atoms with Crippen LogP contribution in [0, 0.1) is 5.92 Å². The Hall–Kier alpha value is -2.54. The van der Waals surface area contributed by atoms with E-state index in [1.807, 2.05) is 0 Å². The van der Waals surface area contributed by atoms with Crippen LogP contribution in [0.2, 0.25) is 0 Å². The van der Waals surface area contributed by atoms with Crippen molar-refractivity contribution in [3.05, 3.63) is 88.5 Å². The molecule has 0 amide bonds. The summed E-state index contributed by atoms with van der Waals surface area (Å²) in [6.45, 7) is 4.74. The molecule has 3 aliphatic carbocycles. The van der Waals surface area contributed by atoms with E-state index in [0.717, 1.165) is 6.42 Å². The highest BCUT2D eigenvalue weighted by Crippen LogP contribution is 2.55. The van der Waals surface area contributed by atoms with Gasteiger partial charge in [0.15, 0.2) is 0 Å².